The first-order valence-corrected chi connectivity index (χ1v) is 7.11. The van der Waals surface area contributed by atoms with Gasteiger partial charge in [-0.1, -0.05) is 12.1 Å². The fourth-order valence-corrected chi connectivity index (χ4v) is 2.80. The molecule has 0 atom stereocenters. The van der Waals surface area contributed by atoms with E-state index in [0.29, 0.717) is 22.0 Å². The Morgan fingerprint density at radius 3 is 2.82 bits per heavy atom. The van der Waals surface area contributed by atoms with Crippen molar-refractivity contribution in [3.63, 3.8) is 0 Å². The van der Waals surface area contributed by atoms with Gasteiger partial charge >= 0.3 is 0 Å². The summed E-state index contributed by atoms with van der Waals surface area (Å²) in [6.07, 6.45) is 1.65. The van der Waals surface area contributed by atoms with Gasteiger partial charge in [-0.25, -0.2) is 4.98 Å². The standard InChI is InChI=1S/C14H10N4O3S/c15-13(19)11-5-9(6-16-11)12-7-22-14(17-12)8-2-1-3-10(4-8)18(20)21/h1-7,16H,(H2,15,19). The van der Waals surface area contributed by atoms with Gasteiger partial charge in [-0.3, -0.25) is 14.9 Å². The number of primary amides is 1. The molecule has 0 radical (unpaired) electrons. The van der Waals surface area contributed by atoms with Gasteiger partial charge in [0.15, 0.2) is 0 Å². The molecule has 0 fully saturated rings. The lowest BCUT2D eigenvalue weighted by Crippen LogP contribution is -2.10. The Morgan fingerprint density at radius 1 is 1.32 bits per heavy atom. The predicted molar refractivity (Wildman–Crippen MR) is 82.5 cm³/mol. The van der Waals surface area contributed by atoms with E-state index < -0.39 is 10.8 Å². The number of aromatic amines is 1. The largest absolute Gasteiger partial charge is 0.364 e. The zero-order chi connectivity index (χ0) is 15.7. The third-order valence-corrected chi connectivity index (χ3v) is 3.94. The van der Waals surface area contributed by atoms with Crippen molar-refractivity contribution in [2.24, 2.45) is 5.73 Å². The Hall–Kier alpha value is -3.00. The first-order valence-electron chi connectivity index (χ1n) is 6.23. The van der Waals surface area contributed by atoms with E-state index in [1.807, 2.05) is 5.38 Å². The van der Waals surface area contributed by atoms with Crippen LogP contribution in [-0.4, -0.2) is 20.8 Å². The summed E-state index contributed by atoms with van der Waals surface area (Å²) in [5.41, 5.74) is 7.61. The Labute approximate surface area is 128 Å². The summed E-state index contributed by atoms with van der Waals surface area (Å²) >= 11 is 1.37. The van der Waals surface area contributed by atoms with Crippen LogP contribution in [0.2, 0.25) is 0 Å². The lowest BCUT2D eigenvalue weighted by atomic mass is 10.2. The number of nitrogens with one attached hydrogen (secondary N) is 1. The van der Waals surface area contributed by atoms with Crippen LogP contribution in [-0.2, 0) is 0 Å². The first-order chi connectivity index (χ1) is 10.5. The molecule has 0 aliphatic carbocycles. The van der Waals surface area contributed by atoms with Crippen LogP contribution < -0.4 is 5.73 Å². The van der Waals surface area contributed by atoms with Crippen LogP contribution in [0.25, 0.3) is 21.8 Å². The maximum absolute atomic E-state index is 11.1. The molecule has 0 aliphatic rings. The average molecular weight is 314 g/mol. The number of benzene rings is 1. The Kier molecular flexibility index (Phi) is 3.43. The highest BCUT2D eigenvalue weighted by Crippen LogP contribution is 2.30. The highest BCUT2D eigenvalue weighted by atomic mass is 32.1. The average Bonchev–Trinajstić information content (AvgIpc) is 3.16. The van der Waals surface area contributed by atoms with Gasteiger partial charge in [0, 0.05) is 34.8 Å². The molecule has 0 unspecified atom stereocenters. The number of thiazole rings is 1. The molecule has 22 heavy (non-hydrogen) atoms. The second-order valence-corrected chi connectivity index (χ2v) is 5.37. The number of H-pyrrole nitrogens is 1. The maximum atomic E-state index is 11.1. The summed E-state index contributed by atoms with van der Waals surface area (Å²) < 4.78 is 0. The Morgan fingerprint density at radius 2 is 2.14 bits per heavy atom. The summed E-state index contributed by atoms with van der Waals surface area (Å²) in [5, 5.41) is 13.3. The number of rotatable bonds is 4. The third-order valence-electron chi connectivity index (χ3n) is 3.05. The van der Waals surface area contributed by atoms with Gasteiger partial charge in [0.2, 0.25) is 0 Å². The van der Waals surface area contributed by atoms with Crippen LogP contribution in [0.15, 0.2) is 41.9 Å². The van der Waals surface area contributed by atoms with Gasteiger partial charge in [-0.2, -0.15) is 0 Å². The molecule has 0 spiro atoms. The second-order valence-electron chi connectivity index (χ2n) is 4.51. The molecular weight excluding hydrogens is 304 g/mol. The summed E-state index contributed by atoms with van der Waals surface area (Å²) in [7, 11) is 0. The lowest BCUT2D eigenvalue weighted by molar-refractivity contribution is -0.384. The molecule has 8 heteroatoms. The molecule has 110 valence electrons. The van der Waals surface area contributed by atoms with Gasteiger partial charge in [-0.05, 0) is 6.07 Å². The molecular formula is C14H10N4O3S. The topological polar surface area (TPSA) is 115 Å². The number of non-ortho nitro benzene ring substituents is 1. The fourth-order valence-electron chi connectivity index (χ4n) is 1.98. The number of hydrogen-bond donors (Lipinski definition) is 2. The lowest BCUT2D eigenvalue weighted by Gasteiger charge is -1.96. The SMILES string of the molecule is NC(=O)c1cc(-c2csc(-c3cccc([N+](=O)[O-])c3)n2)c[nH]1. The highest BCUT2D eigenvalue weighted by Gasteiger charge is 2.12. The number of nitrogens with two attached hydrogens (primary N) is 1. The Bertz CT molecular complexity index is 868. The van der Waals surface area contributed by atoms with Crippen molar-refractivity contribution in [1.29, 1.82) is 0 Å². The van der Waals surface area contributed by atoms with Gasteiger partial charge in [0.1, 0.15) is 10.7 Å². The molecule has 2 aromatic heterocycles. The molecule has 3 aromatic rings. The van der Waals surface area contributed by atoms with Crippen molar-refractivity contribution < 1.29 is 9.72 Å². The van der Waals surface area contributed by atoms with Gasteiger partial charge < -0.3 is 10.7 Å². The van der Waals surface area contributed by atoms with Crippen LogP contribution in [0.1, 0.15) is 10.5 Å². The van der Waals surface area contributed by atoms with Gasteiger partial charge in [0.05, 0.1) is 10.6 Å². The summed E-state index contributed by atoms with van der Waals surface area (Å²) in [6, 6.07) is 7.92. The molecule has 0 aliphatic heterocycles. The van der Waals surface area contributed by atoms with E-state index in [0.717, 1.165) is 5.56 Å². The van der Waals surface area contributed by atoms with E-state index in [4.69, 9.17) is 5.73 Å². The minimum Gasteiger partial charge on any atom is -0.364 e. The van der Waals surface area contributed by atoms with Crippen molar-refractivity contribution in [2.45, 2.75) is 0 Å². The number of aromatic nitrogens is 2. The van der Waals surface area contributed by atoms with Crippen LogP contribution in [0.3, 0.4) is 0 Å². The fraction of sp³-hybridized carbons (Fsp3) is 0. The molecule has 7 nitrogen and oxygen atoms in total. The monoisotopic (exact) mass is 314 g/mol. The predicted octanol–water partition coefficient (Wildman–Crippen LogP) is 2.81. The van der Waals surface area contributed by atoms with Gasteiger partial charge in [0.25, 0.3) is 11.6 Å². The van der Waals surface area contributed by atoms with Crippen molar-refractivity contribution in [1.82, 2.24) is 9.97 Å². The Balaban J connectivity index is 1.94. The van der Waals surface area contributed by atoms with Crippen LogP contribution >= 0.6 is 11.3 Å². The molecule has 3 N–H and O–H groups in total. The van der Waals surface area contributed by atoms with Crippen molar-refractivity contribution in [3.05, 3.63) is 57.7 Å². The number of nitro groups is 1. The van der Waals surface area contributed by atoms with E-state index >= 15 is 0 Å². The van der Waals surface area contributed by atoms with E-state index in [9.17, 15) is 14.9 Å². The highest BCUT2D eigenvalue weighted by molar-refractivity contribution is 7.13. The van der Waals surface area contributed by atoms with E-state index in [1.165, 1.54) is 23.5 Å². The number of nitro benzene ring substituents is 1. The van der Waals surface area contributed by atoms with E-state index in [1.54, 1.807) is 24.4 Å². The van der Waals surface area contributed by atoms with Crippen molar-refractivity contribution >= 4 is 22.9 Å². The number of hydrogen-bond acceptors (Lipinski definition) is 5. The van der Waals surface area contributed by atoms with Crippen LogP contribution in [0.4, 0.5) is 5.69 Å². The molecule has 2 heterocycles. The first kappa shape index (κ1) is 14.0. The normalized spacial score (nSPS) is 10.5. The maximum Gasteiger partial charge on any atom is 0.270 e. The summed E-state index contributed by atoms with van der Waals surface area (Å²) in [4.78, 5) is 28.7. The minimum atomic E-state index is -0.541. The summed E-state index contributed by atoms with van der Waals surface area (Å²) in [6.45, 7) is 0. The van der Waals surface area contributed by atoms with E-state index in [2.05, 4.69) is 9.97 Å². The number of carbonyl (C=O) groups is 1. The molecule has 1 aromatic carbocycles. The number of carbonyl (C=O) groups excluding carboxylic acids is 1. The summed E-state index contributed by atoms with van der Waals surface area (Å²) in [5.74, 6) is -0.541. The molecule has 3 rings (SSSR count). The zero-order valence-electron chi connectivity index (χ0n) is 11.1. The molecule has 0 saturated carbocycles. The third kappa shape index (κ3) is 2.59. The molecule has 1 amide bonds. The molecule has 0 bridgehead atoms. The zero-order valence-corrected chi connectivity index (χ0v) is 12.0. The smallest absolute Gasteiger partial charge is 0.270 e. The van der Waals surface area contributed by atoms with Gasteiger partial charge in [-0.15, -0.1) is 11.3 Å². The molecule has 0 saturated heterocycles. The minimum absolute atomic E-state index is 0.0203. The van der Waals surface area contributed by atoms with Crippen molar-refractivity contribution in [3.8, 4) is 21.8 Å². The van der Waals surface area contributed by atoms with Crippen LogP contribution in [0.5, 0.6) is 0 Å². The number of amides is 1. The number of nitrogens with zero attached hydrogens (tertiary/aromatic N) is 2. The van der Waals surface area contributed by atoms with Crippen molar-refractivity contribution in [2.75, 3.05) is 0 Å². The second kappa shape index (κ2) is 5.41. The van der Waals surface area contributed by atoms with E-state index in [-0.39, 0.29) is 5.69 Å². The van der Waals surface area contributed by atoms with Crippen LogP contribution in [0, 0.1) is 10.1 Å². The quantitative estimate of drug-likeness (QED) is 0.569.